The maximum absolute atomic E-state index is 13.2. The number of hydrogen-bond acceptors (Lipinski definition) is 3. The van der Waals surface area contributed by atoms with Gasteiger partial charge in [-0.25, -0.2) is 9.78 Å². The molecule has 1 aliphatic rings. The van der Waals surface area contributed by atoms with E-state index < -0.39 is 0 Å². The average Bonchev–Trinajstić information content (AvgIpc) is 3.35. The number of hydrogen-bond donors (Lipinski definition) is 2. The predicted octanol–water partition coefficient (Wildman–Crippen LogP) is 4.43. The van der Waals surface area contributed by atoms with E-state index >= 15 is 0 Å². The van der Waals surface area contributed by atoms with Crippen LogP contribution in [0.3, 0.4) is 0 Å². The quantitative estimate of drug-likeness (QED) is 0.710. The second kappa shape index (κ2) is 8.52. The Balaban J connectivity index is 0.00000109. The highest BCUT2D eigenvalue weighted by Crippen LogP contribution is 2.39. The molecule has 0 aliphatic carbocycles. The number of imidazole rings is 1. The van der Waals surface area contributed by atoms with Gasteiger partial charge in [0.2, 0.25) is 0 Å². The molecule has 1 aliphatic heterocycles. The molecule has 2 heterocycles. The summed E-state index contributed by atoms with van der Waals surface area (Å²) in [5, 5.41) is 3.06. The maximum Gasteiger partial charge on any atom is 0.327 e. The summed E-state index contributed by atoms with van der Waals surface area (Å²) in [6, 6.07) is 15.6. The molecule has 0 bridgehead atoms. The van der Waals surface area contributed by atoms with Crippen LogP contribution in [0.25, 0.3) is 0 Å². The largest absolute Gasteiger partial charge is 0.344 e. The van der Waals surface area contributed by atoms with Crippen molar-refractivity contribution in [1.29, 1.82) is 0 Å². The van der Waals surface area contributed by atoms with E-state index in [9.17, 15) is 4.79 Å². The summed E-state index contributed by atoms with van der Waals surface area (Å²) >= 11 is 0. The summed E-state index contributed by atoms with van der Waals surface area (Å²) in [6.45, 7) is 6.08. The highest BCUT2D eigenvalue weighted by Gasteiger charge is 2.36. The molecule has 6 nitrogen and oxygen atoms in total. The number of H-pyrrole nitrogens is 1. The number of para-hydroxylation sites is 2. The highest BCUT2D eigenvalue weighted by atomic mass is 16.2. The van der Waals surface area contributed by atoms with E-state index in [-0.39, 0.29) is 12.1 Å². The third-order valence-corrected chi connectivity index (χ3v) is 4.93. The van der Waals surface area contributed by atoms with E-state index in [0.717, 1.165) is 46.9 Å². The van der Waals surface area contributed by atoms with Crippen molar-refractivity contribution < 1.29 is 9.59 Å². The third-order valence-electron chi connectivity index (χ3n) is 4.93. The predicted molar refractivity (Wildman–Crippen MR) is 111 cm³/mol. The van der Waals surface area contributed by atoms with Gasteiger partial charge in [0.05, 0.1) is 0 Å². The summed E-state index contributed by atoms with van der Waals surface area (Å²) in [4.78, 5) is 30.9. The zero-order valence-electron chi connectivity index (χ0n) is 16.1. The molecule has 1 unspecified atom stereocenters. The number of aromatic amines is 1. The van der Waals surface area contributed by atoms with Gasteiger partial charge in [-0.1, -0.05) is 43.3 Å². The van der Waals surface area contributed by atoms with Gasteiger partial charge < -0.3 is 15.1 Å². The van der Waals surface area contributed by atoms with Crippen molar-refractivity contribution in [3.63, 3.8) is 0 Å². The van der Waals surface area contributed by atoms with Crippen LogP contribution < -0.4 is 10.2 Å². The molecular formula is C22H24N4O2. The van der Waals surface area contributed by atoms with Gasteiger partial charge in [0, 0.05) is 29.7 Å². The minimum atomic E-state index is -0.135. The van der Waals surface area contributed by atoms with Crippen LogP contribution in [-0.2, 0) is 17.6 Å². The number of carbonyl (C=O) groups excluding carboxylic acids is 2. The summed E-state index contributed by atoms with van der Waals surface area (Å²) in [5.74, 6) is 0.831. The fraction of sp³-hybridized carbons (Fsp3) is 0.227. The SMILES string of the molecule is C=O.CCc1cnc(C2Cc3ccccc3N2C(=O)Nc2ccccc2C)[nH]1. The van der Waals surface area contributed by atoms with Crippen LogP contribution in [-0.4, -0.2) is 22.8 Å². The lowest BCUT2D eigenvalue weighted by atomic mass is 10.1. The standard InChI is InChI=1S/C21H22N4O.CH2O/c1-3-16-13-22-20(23-16)19-12-15-9-5-7-11-18(15)25(19)21(26)24-17-10-6-4-8-14(17)2;1-2/h4-11,13,19H,3,12H2,1-2H3,(H,22,23)(H,24,26);1H2. The van der Waals surface area contributed by atoms with Crippen LogP contribution >= 0.6 is 0 Å². The van der Waals surface area contributed by atoms with E-state index in [0.29, 0.717) is 0 Å². The molecule has 0 spiro atoms. The second-order valence-electron chi connectivity index (χ2n) is 6.61. The van der Waals surface area contributed by atoms with Crippen LogP contribution in [0.4, 0.5) is 16.2 Å². The fourth-order valence-electron chi connectivity index (χ4n) is 3.47. The van der Waals surface area contributed by atoms with E-state index in [1.54, 1.807) is 0 Å². The molecular weight excluding hydrogens is 352 g/mol. The number of rotatable bonds is 3. The first kappa shape index (κ1) is 19.4. The Morgan fingerprint density at radius 3 is 2.64 bits per heavy atom. The molecule has 28 heavy (non-hydrogen) atoms. The van der Waals surface area contributed by atoms with Gasteiger partial charge in [-0.3, -0.25) is 4.90 Å². The molecule has 2 amide bonds. The Morgan fingerprint density at radius 1 is 1.21 bits per heavy atom. The summed E-state index contributed by atoms with van der Waals surface area (Å²) in [5.41, 5.74) is 5.05. The molecule has 0 saturated carbocycles. The molecule has 3 aromatic rings. The number of nitrogens with one attached hydrogen (secondary N) is 2. The molecule has 0 saturated heterocycles. The minimum absolute atomic E-state index is 0.128. The molecule has 4 rings (SSSR count). The molecule has 0 fully saturated rings. The van der Waals surface area contributed by atoms with Crippen molar-refractivity contribution in [3.05, 3.63) is 77.4 Å². The minimum Gasteiger partial charge on any atom is -0.344 e. The van der Waals surface area contributed by atoms with Crippen molar-refractivity contribution in [2.45, 2.75) is 32.7 Å². The van der Waals surface area contributed by atoms with Gasteiger partial charge in [-0.05, 0) is 36.6 Å². The molecule has 0 radical (unpaired) electrons. The monoisotopic (exact) mass is 376 g/mol. The first-order chi connectivity index (χ1) is 13.7. The van der Waals surface area contributed by atoms with Gasteiger partial charge in [0.1, 0.15) is 18.7 Å². The number of aromatic nitrogens is 2. The Morgan fingerprint density at radius 2 is 1.93 bits per heavy atom. The fourth-order valence-corrected chi connectivity index (χ4v) is 3.47. The number of amides is 2. The number of aryl methyl sites for hydroxylation is 2. The van der Waals surface area contributed by atoms with Crippen molar-refractivity contribution >= 4 is 24.2 Å². The van der Waals surface area contributed by atoms with E-state index in [1.165, 1.54) is 0 Å². The third kappa shape index (κ3) is 3.67. The van der Waals surface area contributed by atoms with Gasteiger partial charge in [-0.15, -0.1) is 0 Å². The van der Waals surface area contributed by atoms with Gasteiger partial charge in [0.15, 0.2) is 0 Å². The number of anilines is 2. The van der Waals surface area contributed by atoms with Crippen LogP contribution in [0.1, 0.15) is 35.6 Å². The van der Waals surface area contributed by atoms with Crippen LogP contribution in [0.2, 0.25) is 0 Å². The Bertz CT molecular complexity index is 966. The lowest BCUT2D eigenvalue weighted by Gasteiger charge is -2.25. The number of fused-ring (bicyclic) bond motifs is 1. The topological polar surface area (TPSA) is 78.1 Å². The Hall–Kier alpha value is -3.41. The summed E-state index contributed by atoms with van der Waals surface area (Å²) in [7, 11) is 0. The molecule has 2 N–H and O–H groups in total. The van der Waals surface area contributed by atoms with Crippen molar-refractivity contribution in [2.75, 3.05) is 10.2 Å². The molecule has 1 aromatic heterocycles. The van der Waals surface area contributed by atoms with Crippen LogP contribution in [0.5, 0.6) is 0 Å². The van der Waals surface area contributed by atoms with Crippen molar-refractivity contribution in [2.24, 2.45) is 0 Å². The van der Waals surface area contributed by atoms with Gasteiger partial charge in [-0.2, -0.15) is 0 Å². The molecule has 1 atom stereocenters. The van der Waals surface area contributed by atoms with E-state index in [2.05, 4.69) is 28.3 Å². The lowest BCUT2D eigenvalue weighted by molar-refractivity contribution is -0.0979. The maximum atomic E-state index is 13.2. The highest BCUT2D eigenvalue weighted by molar-refractivity contribution is 6.04. The number of nitrogens with zero attached hydrogens (tertiary/aromatic N) is 2. The summed E-state index contributed by atoms with van der Waals surface area (Å²) in [6.07, 6.45) is 3.51. The number of benzene rings is 2. The lowest BCUT2D eigenvalue weighted by Crippen LogP contribution is -2.36. The van der Waals surface area contributed by atoms with Gasteiger partial charge in [0.25, 0.3) is 0 Å². The molecule has 6 heteroatoms. The molecule has 2 aromatic carbocycles. The van der Waals surface area contributed by atoms with E-state index in [1.807, 2.05) is 67.3 Å². The first-order valence-corrected chi connectivity index (χ1v) is 9.23. The summed E-state index contributed by atoms with van der Waals surface area (Å²) < 4.78 is 0. The van der Waals surface area contributed by atoms with Crippen molar-refractivity contribution in [3.8, 4) is 0 Å². The Kier molecular flexibility index (Phi) is 5.89. The normalized spacial score (nSPS) is 14.8. The van der Waals surface area contributed by atoms with Crippen LogP contribution in [0.15, 0.2) is 54.7 Å². The average molecular weight is 376 g/mol. The first-order valence-electron chi connectivity index (χ1n) is 9.23. The molecule has 144 valence electrons. The smallest absolute Gasteiger partial charge is 0.327 e. The van der Waals surface area contributed by atoms with E-state index in [4.69, 9.17) is 4.79 Å². The number of urea groups is 1. The zero-order valence-corrected chi connectivity index (χ0v) is 16.1. The van der Waals surface area contributed by atoms with Gasteiger partial charge >= 0.3 is 6.03 Å². The van der Waals surface area contributed by atoms with Crippen LogP contribution in [0, 0.1) is 6.92 Å². The zero-order chi connectivity index (χ0) is 20.1. The van der Waals surface area contributed by atoms with Crippen molar-refractivity contribution in [1.82, 2.24) is 9.97 Å². The Labute approximate surface area is 164 Å². The number of carbonyl (C=O) groups is 2. The second-order valence-corrected chi connectivity index (χ2v) is 6.61.